The summed E-state index contributed by atoms with van der Waals surface area (Å²) < 4.78 is 66.3. The maximum atomic E-state index is 12.7. The number of carbonyl (C=O) groups is 2. The summed E-state index contributed by atoms with van der Waals surface area (Å²) in [6.07, 6.45) is -9.47. The minimum absolute atomic E-state index is 0.659. The lowest BCUT2D eigenvalue weighted by molar-refractivity contribution is -0.157. The van der Waals surface area contributed by atoms with Crippen LogP contribution in [0.5, 0.6) is 0 Å². The topological polar surface area (TPSA) is 96.9 Å². The van der Waals surface area contributed by atoms with Crippen LogP contribution in [0.15, 0.2) is 0 Å². The molecule has 0 rings (SSSR count). The van der Waals surface area contributed by atoms with E-state index in [0.717, 1.165) is 7.11 Å². The molecule has 0 aromatic rings. The van der Waals surface area contributed by atoms with Crippen LogP contribution in [0, 0.1) is 0 Å². The van der Waals surface area contributed by atoms with Crippen molar-refractivity contribution in [2.45, 2.75) is 83.1 Å². The molecule has 1 N–H and O–H groups in total. The molecule has 160 valence electrons. The van der Waals surface area contributed by atoms with Gasteiger partial charge in [-0.15, -0.1) is 4.72 Å². The summed E-state index contributed by atoms with van der Waals surface area (Å²) in [5.41, 5.74) is -0.944. The Morgan fingerprint density at radius 3 is 2.00 bits per heavy atom. The third-order valence-corrected chi connectivity index (χ3v) is 4.59. The number of ether oxygens (including phenoxy) is 3. The van der Waals surface area contributed by atoms with Gasteiger partial charge in [0.05, 0.1) is 7.11 Å². The Labute approximate surface area is 160 Å². The third-order valence-electron chi connectivity index (χ3n) is 2.97. The number of methoxy groups -OCH3 is 1. The fraction of sp³-hybridized carbons (Fsp3) is 0.875. The zero-order chi connectivity index (χ0) is 21.6. The molecule has 0 spiro atoms. The van der Waals surface area contributed by atoms with E-state index in [2.05, 4.69) is 9.46 Å². The Kier molecular flexibility index (Phi) is 9.39. The van der Waals surface area contributed by atoms with Crippen molar-refractivity contribution >= 4 is 23.5 Å². The first-order valence-electron chi connectivity index (χ1n) is 8.18. The first-order valence-corrected chi connectivity index (χ1v) is 9.33. The quantitative estimate of drug-likeness (QED) is 0.500. The monoisotopic (exact) mass is 419 g/mol. The molecule has 27 heavy (non-hydrogen) atoms. The number of rotatable bonds is 7. The predicted octanol–water partition coefficient (Wildman–Crippen LogP) is 3.24. The molecule has 1 unspecified atom stereocenters. The number of hydrogen-bond donors (Lipinski definition) is 1. The van der Waals surface area contributed by atoms with Crippen LogP contribution in [0.2, 0.25) is 0 Å². The molecule has 0 bridgehead atoms. The molecular weight excluding hydrogens is 391 g/mol. The van der Waals surface area contributed by atoms with Crippen LogP contribution < -0.4 is 4.72 Å². The molecule has 0 radical (unpaired) electrons. The smallest absolute Gasteiger partial charge is 0.509 e. The van der Waals surface area contributed by atoms with Crippen LogP contribution in [0.4, 0.5) is 18.0 Å². The Hall–Kier alpha value is -1.20. The maximum Gasteiger partial charge on any atom is 0.509 e. The van der Waals surface area contributed by atoms with E-state index in [1.54, 1.807) is 41.5 Å². The summed E-state index contributed by atoms with van der Waals surface area (Å²) in [4.78, 5) is 23.9. The zero-order valence-electron chi connectivity index (χ0n) is 16.6. The van der Waals surface area contributed by atoms with Crippen molar-refractivity contribution < 1.29 is 41.5 Å². The van der Waals surface area contributed by atoms with Crippen molar-refractivity contribution in [3.63, 3.8) is 0 Å². The Balaban J connectivity index is 5.54. The summed E-state index contributed by atoms with van der Waals surface area (Å²) in [7, 11) is 0.995. The molecule has 0 saturated carbocycles. The summed E-state index contributed by atoms with van der Waals surface area (Å²) in [6.45, 7) is 9.44. The molecular formula is C16H28F3NO6S. The second-order valence-electron chi connectivity index (χ2n) is 7.79. The Morgan fingerprint density at radius 1 is 1.11 bits per heavy atom. The highest BCUT2D eigenvalue weighted by Gasteiger charge is 2.41. The van der Waals surface area contributed by atoms with Crippen LogP contribution in [-0.4, -0.2) is 52.5 Å². The van der Waals surface area contributed by atoms with Crippen molar-refractivity contribution in [1.29, 1.82) is 0 Å². The van der Waals surface area contributed by atoms with Gasteiger partial charge in [-0.2, -0.15) is 13.2 Å². The Morgan fingerprint density at radius 2 is 1.63 bits per heavy atom. The lowest BCUT2D eigenvalue weighted by Gasteiger charge is -2.31. The molecule has 0 amide bonds. The molecule has 3 atom stereocenters. The van der Waals surface area contributed by atoms with Crippen LogP contribution in [0.3, 0.4) is 0 Å². The SMILES string of the molecule is COC(=O)[C@@H](OC(=O)OC(C)(C)C)[C@@H](CCC(F)(F)F)N[S+]([O-])C(C)(C)C. The van der Waals surface area contributed by atoms with Crippen LogP contribution in [-0.2, 0) is 30.4 Å². The van der Waals surface area contributed by atoms with E-state index in [1.165, 1.54) is 0 Å². The van der Waals surface area contributed by atoms with Crippen molar-refractivity contribution in [1.82, 2.24) is 4.72 Å². The number of alkyl halides is 3. The minimum atomic E-state index is -4.52. The van der Waals surface area contributed by atoms with E-state index < -0.39 is 65.0 Å². The maximum absolute atomic E-state index is 12.7. The van der Waals surface area contributed by atoms with Gasteiger partial charge < -0.3 is 18.8 Å². The normalized spacial score (nSPS) is 16.3. The first kappa shape index (κ1) is 25.8. The molecule has 0 fully saturated rings. The molecule has 0 aromatic carbocycles. The number of esters is 1. The molecule has 7 nitrogen and oxygen atoms in total. The van der Waals surface area contributed by atoms with Crippen molar-refractivity contribution in [2.75, 3.05) is 7.11 Å². The molecule has 0 aliphatic carbocycles. The first-order chi connectivity index (χ1) is 12.0. The van der Waals surface area contributed by atoms with E-state index in [9.17, 15) is 27.3 Å². The average molecular weight is 419 g/mol. The summed E-state index contributed by atoms with van der Waals surface area (Å²) >= 11 is -1.83. The lowest BCUT2D eigenvalue weighted by atomic mass is 10.1. The van der Waals surface area contributed by atoms with Gasteiger partial charge in [0.15, 0.2) is 0 Å². The molecule has 0 aromatic heterocycles. The molecule has 11 heteroatoms. The highest BCUT2D eigenvalue weighted by Crippen LogP contribution is 2.25. The van der Waals surface area contributed by atoms with Crippen LogP contribution in [0.1, 0.15) is 54.4 Å². The van der Waals surface area contributed by atoms with Gasteiger partial charge in [-0.3, -0.25) is 0 Å². The number of hydrogen-bond acceptors (Lipinski definition) is 7. The highest BCUT2D eigenvalue weighted by molar-refractivity contribution is 7.90. The van der Waals surface area contributed by atoms with Gasteiger partial charge in [-0.1, -0.05) is 0 Å². The minimum Gasteiger partial charge on any atom is -0.598 e. The summed E-state index contributed by atoms with van der Waals surface area (Å²) in [6, 6.07) is -1.40. The van der Waals surface area contributed by atoms with E-state index in [4.69, 9.17) is 9.47 Å². The number of carbonyl (C=O) groups excluding carboxylic acids is 2. The highest BCUT2D eigenvalue weighted by atomic mass is 32.2. The zero-order valence-corrected chi connectivity index (χ0v) is 17.4. The van der Waals surface area contributed by atoms with Gasteiger partial charge >= 0.3 is 18.3 Å². The average Bonchev–Trinajstić information content (AvgIpc) is 2.44. The van der Waals surface area contributed by atoms with E-state index >= 15 is 0 Å². The second kappa shape index (κ2) is 9.83. The van der Waals surface area contributed by atoms with Gasteiger partial charge in [0.25, 0.3) is 0 Å². The molecule has 0 heterocycles. The van der Waals surface area contributed by atoms with Gasteiger partial charge in [0.2, 0.25) is 6.10 Å². The fourth-order valence-corrected chi connectivity index (χ4v) is 2.56. The van der Waals surface area contributed by atoms with Gasteiger partial charge in [0, 0.05) is 17.8 Å². The van der Waals surface area contributed by atoms with Crippen LogP contribution in [0.25, 0.3) is 0 Å². The van der Waals surface area contributed by atoms with Crippen molar-refractivity contribution in [3.05, 3.63) is 0 Å². The molecule has 0 aliphatic rings. The van der Waals surface area contributed by atoms with Crippen molar-refractivity contribution in [2.24, 2.45) is 0 Å². The van der Waals surface area contributed by atoms with Gasteiger partial charge in [-0.25, -0.2) is 9.59 Å². The molecule has 0 saturated heterocycles. The van der Waals surface area contributed by atoms with Gasteiger partial charge in [-0.05, 0) is 48.0 Å². The largest absolute Gasteiger partial charge is 0.598 e. The number of nitrogens with one attached hydrogen (secondary N) is 1. The summed E-state index contributed by atoms with van der Waals surface area (Å²) in [5, 5.41) is 0. The van der Waals surface area contributed by atoms with Crippen LogP contribution >= 0.6 is 0 Å². The van der Waals surface area contributed by atoms with Crippen molar-refractivity contribution in [3.8, 4) is 0 Å². The summed E-state index contributed by atoms with van der Waals surface area (Å²) in [5.74, 6) is -1.09. The predicted molar refractivity (Wildman–Crippen MR) is 93.2 cm³/mol. The third kappa shape index (κ3) is 11.3. The standard InChI is InChI=1S/C16H28F3NO6S/c1-14(2,3)26-13(22)25-11(12(21)24-7)10(8-9-16(17,18)19)20-27(23)15(4,5)6/h10-11,20H,8-9H2,1-7H3/t10-,11+,27?/m1/s1. The van der Waals surface area contributed by atoms with E-state index in [1.807, 2.05) is 0 Å². The fourth-order valence-electron chi connectivity index (χ4n) is 1.69. The van der Waals surface area contributed by atoms with Gasteiger partial charge in [0.1, 0.15) is 16.4 Å². The van der Waals surface area contributed by atoms with E-state index in [-0.39, 0.29) is 0 Å². The Bertz CT molecular complexity index is 502. The van der Waals surface area contributed by atoms with E-state index in [0.29, 0.717) is 0 Å². The number of halogens is 3. The lowest BCUT2D eigenvalue weighted by Crippen LogP contribution is -2.53. The second-order valence-corrected chi connectivity index (χ2v) is 9.78. The molecule has 0 aliphatic heterocycles.